The molecule has 0 aliphatic heterocycles. The van der Waals surface area contributed by atoms with E-state index in [-0.39, 0.29) is 11.7 Å². The van der Waals surface area contributed by atoms with E-state index in [4.69, 9.17) is 11.1 Å². The van der Waals surface area contributed by atoms with Gasteiger partial charge in [0.15, 0.2) is 0 Å². The van der Waals surface area contributed by atoms with Crippen LogP contribution >= 0.6 is 0 Å². The van der Waals surface area contributed by atoms with Gasteiger partial charge in [-0.05, 0) is 85.4 Å². The highest BCUT2D eigenvalue weighted by atomic mass is 19.1. The van der Waals surface area contributed by atoms with E-state index in [1.54, 1.807) is 6.07 Å². The number of hydrogen-bond acceptors (Lipinski definition) is 2. The van der Waals surface area contributed by atoms with Crippen molar-refractivity contribution >= 4 is 5.71 Å². The van der Waals surface area contributed by atoms with E-state index in [1.165, 1.54) is 12.1 Å². The normalized spacial score (nSPS) is 13.9. The van der Waals surface area contributed by atoms with Gasteiger partial charge >= 0.3 is 0 Å². The summed E-state index contributed by atoms with van der Waals surface area (Å²) in [4.78, 5) is 0. The van der Waals surface area contributed by atoms with Crippen LogP contribution in [0, 0.1) is 17.1 Å². The van der Waals surface area contributed by atoms with Gasteiger partial charge in [0, 0.05) is 11.3 Å². The molecule has 0 amide bonds. The minimum Gasteiger partial charge on any atom is -0.399 e. The van der Waals surface area contributed by atoms with Crippen molar-refractivity contribution in [2.75, 3.05) is 0 Å². The van der Waals surface area contributed by atoms with Crippen LogP contribution in [0.15, 0.2) is 65.4 Å². The van der Waals surface area contributed by atoms with Crippen molar-refractivity contribution in [1.82, 2.24) is 0 Å². The molecule has 1 atom stereocenters. The third-order valence-corrected chi connectivity index (χ3v) is 5.55. The van der Waals surface area contributed by atoms with Gasteiger partial charge in [-0.2, -0.15) is 0 Å². The van der Waals surface area contributed by atoms with Gasteiger partial charge in [0.2, 0.25) is 0 Å². The minimum absolute atomic E-state index is 0.123. The number of hydrogen-bond donors (Lipinski definition) is 2. The van der Waals surface area contributed by atoms with Crippen molar-refractivity contribution in [3.05, 3.63) is 82.4 Å². The minimum atomic E-state index is -0.279. The molecule has 1 aromatic carbocycles. The van der Waals surface area contributed by atoms with Crippen molar-refractivity contribution in [3.8, 4) is 0 Å². The summed E-state index contributed by atoms with van der Waals surface area (Å²) < 4.78 is 13.7. The molecule has 0 aliphatic rings. The molecule has 29 heavy (non-hydrogen) atoms. The number of halogens is 1. The van der Waals surface area contributed by atoms with Crippen LogP contribution in [0.5, 0.6) is 0 Å². The summed E-state index contributed by atoms with van der Waals surface area (Å²) in [7, 11) is 0. The second kappa shape index (κ2) is 10.9. The van der Waals surface area contributed by atoms with Crippen LogP contribution in [-0.4, -0.2) is 5.71 Å². The Hall–Kier alpha value is -2.42. The Balaban J connectivity index is 3.16. The highest BCUT2D eigenvalue weighted by molar-refractivity contribution is 6.11. The zero-order valence-corrected chi connectivity index (χ0v) is 19.0. The van der Waals surface area contributed by atoms with Gasteiger partial charge in [-0.1, -0.05) is 52.5 Å². The van der Waals surface area contributed by atoms with Crippen LogP contribution < -0.4 is 5.73 Å². The number of allylic oxidation sites excluding steroid dienone is 5. The lowest BCUT2D eigenvalue weighted by atomic mass is 9.87. The van der Waals surface area contributed by atoms with Gasteiger partial charge in [0.05, 0.1) is 5.71 Å². The van der Waals surface area contributed by atoms with E-state index in [9.17, 15) is 4.39 Å². The maximum atomic E-state index is 13.7. The predicted octanol–water partition coefficient (Wildman–Crippen LogP) is 7.43. The molecule has 1 unspecified atom stereocenters. The number of nitrogens with one attached hydrogen (secondary N) is 1. The Morgan fingerprint density at radius 1 is 1.24 bits per heavy atom. The van der Waals surface area contributed by atoms with Crippen LogP contribution in [0.4, 0.5) is 4.39 Å². The molecule has 0 bridgehead atoms. The highest BCUT2D eigenvalue weighted by Crippen LogP contribution is 2.29. The topological polar surface area (TPSA) is 49.9 Å². The van der Waals surface area contributed by atoms with Crippen molar-refractivity contribution in [1.29, 1.82) is 5.41 Å². The number of benzene rings is 1. The zero-order chi connectivity index (χ0) is 22.3. The SMILES string of the molecule is C=C(C/C(CC)=C(N)\C(=C\C)CC(C)C(=C)C)C(=N)c1ccc(F)cc1C(C)C. The molecule has 0 saturated carbocycles. The lowest BCUT2D eigenvalue weighted by Gasteiger charge is -2.20. The molecule has 0 radical (unpaired) electrons. The van der Waals surface area contributed by atoms with Gasteiger partial charge in [-0.15, -0.1) is 0 Å². The van der Waals surface area contributed by atoms with Crippen molar-refractivity contribution in [2.45, 2.75) is 66.7 Å². The molecule has 0 spiro atoms. The molecular formula is C26H37FN2. The van der Waals surface area contributed by atoms with E-state index in [0.29, 0.717) is 23.6 Å². The largest absolute Gasteiger partial charge is 0.399 e. The number of nitrogens with two attached hydrogens (primary N) is 1. The fraction of sp³-hybridized carbons (Fsp3) is 0.423. The predicted molar refractivity (Wildman–Crippen MR) is 125 cm³/mol. The second-order valence-corrected chi connectivity index (χ2v) is 8.18. The summed E-state index contributed by atoms with van der Waals surface area (Å²) in [5, 5.41) is 8.66. The van der Waals surface area contributed by atoms with E-state index in [2.05, 4.69) is 33.1 Å². The number of rotatable bonds is 10. The molecular weight excluding hydrogens is 359 g/mol. The van der Waals surface area contributed by atoms with Crippen LogP contribution in [0.2, 0.25) is 0 Å². The highest BCUT2D eigenvalue weighted by Gasteiger charge is 2.17. The summed E-state index contributed by atoms with van der Waals surface area (Å²) in [6.07, 6.45) is 4.24. The fourth-order valence-corrected chi connectivity index (χ4v) is 3.30. The Morgan fingerprint density at radius 2 is 1.86 bits per heavy atom. The quantitative estimate of drug-likeness (QED) is 0.241. The fourth-order valence-electron chi connectivity index (χ4n) is 3.30. The molecule has 3 heteroatoms. The van der Waals surface area contributed by atoms with E-state index >= 15 is 0 Å². The summed E-state index contributed by atoms with van der Waals surface area (Å²) in [6.45, 7) is 20.5. The van der Waals surface area contributed by atoms with Crippen LogP contribution in [0.25, 0.3) is 0 Å². The summed E-state index contributed by atoms with van der Waals surface area (Å²) in [6, 6.07) is 4.61. The lowest BCUT2D eigenvalue weighted by Crippen LogP contribution is -2.12. The lowest BCUT2D eigenvalue weighted by molar-refractivity contribution is 0.623. The van der Waals surface area contributed by atoms with Crippen LogP contribution in [-0.2, 0) is 0 Å². The van der Waals surface area contributed by atoms with Crippen LogP contribution in [0.3, 0.4) is 0 Å². The van der Waals surface area contributed by atoms with Crippen molar-refractivity contribution in [3.63, 3.8) is 0 Å². The van der Waals surface area contributed by atoms with E-state index < -0.39 is 0 Å². The van der Waals surface area contributed by atoms with Gasteiger partial charge in [-0.25, -0.2) is 4.39 Å². The average molecular weight is 397 g/mol. The summed E-state index contributed by atoms with van der Waals surface area (Å²) in [5.41, 5.74) is 13.3. The second-order valence-electron chi connectivity index (χ2n) is 8.18. The maximum Gasteiger partial charge on any atom is 0.123 e. The van der Waals surface area contributed by atoms with Crippen LogP contribution in [0.1, 0.15) is 77.8 Å². The van der Waals surface area contributed by atoms with Crippen molar-refractivity contribution in [2.24, 2.45) is 11.7 Å². The monoisotopic (exact) mass is 396 g/mol. The van der Waals surface area contributed by atoms with Gasteiger partial charge in [0.1, 0.15) is 5.82 Å². The van der Waals surface area contributed by atoms with Gasteiger partial charge in [-0.3, -0.25) is 5.41 Å². The standard InChI is InChI=1S/C26H37FN2/c1-9-20(13-18(7)16(3)4)26(29)21(10-2)14-19(8)25(28)23-12-11-22(27)15-24(23)17(5)6/h9,11-12,15,17-18,28H,3,8,10,13-14,29H2,1-2,4-7H3/b20-9+,26-21+,28-25?. The third-order valence-electron chi connectivity index (χ3n) is 5.55. The van der Waals surface area contributed by atoms with E-state index in [0.717, 1.165) is 46.4 Å². The zero-order valence-electron chi connectivity index (χ0n) is 19.0. The first-order valence-electron chi connectivity index (χ1n) is 10.4. The van der Waals surface area contributed by atoms with E-state index in [1.807, 2.05) is 27.7 Å². The average Bonchev–Trinajstić information content (AvgIpc) is 2.68. The molecule has 0 saturated heterocycles. The van der Waals surface area contributed by atoms with Gasteiger partial charge in [0.25, 0.3) is 0 Å². The molecule has 1 aromatic rings. The molecule has 3 N–H and O–H groups in total. The molecule has 0 fully saturated rings. The molecule has 0 aromatic heterocycles. The maximum absolute atomic E-state index is 13.7. The smallest absolute Gasteiger partial charge is 0.123 e. The molecule has 2 nitrogen and oxygen atoms in total. The Morgan fingerprint density at radius 3 is 2.34 bits per heavy atom. The molecule has 0 heterocycles. The molecule has 158 valence electrons. The first-order chi connectivity index (χ1) is 13.5. The van der Waals surface area contributed by atoms with Crippen molar-refractivity contribution < 1.29 is 4.39 Å². The summed E-state index contributed by atoms with van der Waals surface area (Å²) in [5.74, 6) is 0.198. The Kier molecular flexibility index (Phi) is 9.29. The molecule has 0 aliphatic carbocycles. The Labute approximate surface area is 176 Å². The first-order valence-corrected chi connectivity index (χ1v) is 10.4. The first kappa shape index (κ1) is 24.6. The third kappa shape index (κ3) is 6.56. The summed E-state index contributed by atoms with van der Waals surface area (Å²) >= 11 is 0. The molecule has 1 rings (SSSR count). The Bertz CT molecular complexity index is 840. The van der Waals surface area contributed by atoms with Gasteiger partial charge < -0.3 is 5.73 Å².